The van der Waals surface area contributed by atoms with Crippen molar-refractivity contribution in [3.63, 3.8) is 0 Å². The van der Waals surface area contributed by atoms with Crippen LogP contribution in [0.4, 0.5) is 4.39 Å². The number of halogens is 2. The van der Waals surface area contributed by atoms with Crippen molar-refractivity contribution < 1.29 is 14.3 Å². The molecule has 0 atom stereocenters. The lowest BCUT2D eigenvalue weighted by Gasteiger charge is -2.32. The molecule has 7 heteroatoms. The maximum absolute atomic E-state index is 14.5. The van der Waals surface area contributed by atoms with Gasteiger partial charge < -0.3 is 5.11 Å². The van der Waals surface area contributed by atoms with Gasteiger partial charge in [0.15, 0.2) is 0 Å². The molecule has 0 unspecified atom stereocenters. The Morgan fingerprint density at radius 1 is 1.11 bits per heavy atom. The molecule has 4 aromatic rings. The molecule has 178 valence electrons. The van der Waals surface area contributed by atoms with Gasteiger partial charge in [0.25, 0.3) is 0 Å². The number of benzene rings is 3. The largest absolute Gasteiger partial charge is 0.478 e. The molecule has 0 spiro atoms. The highest BCUT2D eigenvalue weighted by Crippen LogP contribution is 2.46. The number of carbonyl (C=O) groups is 1. The van der Waals surface area contributed by atoms with Gasteiger partial charge in [-0.2, -0.15) is 14.8 Å². The summed E-state index contributed by atoms with van der Waals surface area (Å²) in [5.74, 6) is -1.30. The number of rotatable bonds is 6. The normalized spacial score (nSPS) is 14.5. The van der Waals surface area contributed by atoms with E-state index < -0.39 is 11.9 Å². The Morgan fingerprint density at radius 3 is 2.53 bits per heavy atom. The second kappa shape index (κ2) is 9.80. The molecular weight excluding hydrogens is 477 g/mol. The predicted molar refractivity (Wildman–Crippen MR) is 139 cm³/mol. The average Bonchev–Trinajstić information content (AvgIpc) is 3.22. The maximum atomic E-state index is 14.5. The van der Waals surface area contributed by atoms with E-state index in [0.717, 1.165) is 58.7 Å². The van der Waals surface area contributed by atoms with Crippen LogP contribution in [-0.4, -0.2) is 21.3 Å². The van der Waals surface area contributed by atoms with Crippen molar-refractivity contribution in [1.82, 2.24) is 10.2 Å². The molecule has 36 heavy (non-hydrogen) atoms. The van der Waals surface area contributed by atoms with Gasteiger partial charge in [-0.05, 0) is 82.5 Å². The first-order chi connectivity index (χ1) is 17.4. The van der Waals surface area contributed by atoms with E-state index in [1.807, 2.05) is 36.4 Å². The molecule has 1 aromatic heterocycles. The topological polar surface area (TPSA) is 89.8 Å². The molecule has 5 nitrogen and oxygen atoms in total. The summed E-state index contributed by atoms with van der Waals surface area (Å²) in [6.07, 6.45) is 5.67. The third kappa shape index (κ3) is 4.53. The summed E-state index contributed by atoms with van der Waals surface area (Å²) >= 11 is 6.21. The maximum Gasteiger partial charge on any atom is 0.328 e. The van der Waals surface area contributed by atoms with Gasteiger partial charge in [0.1, 0.15) is 0 Å². The molecule has 1 aliphatic rings. The van der Waals surface area contributed by atoms with Crippen molar-refractivity contribution >= 4 is 45.7 Å². The number of aromatic nitrogens is 2. The molecule has 1 saturated carbocycles. The lowest BCUT2D eigenvalue weighted by molar-refractivity contribution is -0.131. The summed E-state index contributed by atoms with van der Waals surface area (Å²) in [4.78, 5) is 10.9. The van der Waals surface area contributed by atoms with Crippen LogP contribution in [0, 0.1) is 23.2 Å². The van der Waals surface area contributed by atoms with Gasteiger partial charge in [-0.15, -0.1) is 0 Å². The molecule has 2 N–H and O–H groups in total. The summed E-state index contributed by atoms with van der Waals surface area (Å²) < 4.78 is 14.5. The van der Waals surface area contributed by atoms with Gasteiger partial charge in [0.05, 0.1) is 22.5 Å². The fraction of sp³-hybridized carbons (Fsp3) is 0.138. The minimum Gasteiger partial charge on any atom is -0.478 e. The van der Waals surface area contributed by atoms with E-state index in [2.05, 4.69) is 16.3 Å². The second-order valence-electron chi connectivity index (χ2n) is 8.78. The molecule has 3 aromatic carbocycles. The lowest BCUT2D eigenvalue weighted by atomic mass is 9.72. The number of aromatic amines is 1. The van der Waals surface area contributed by atoms with Gasteiger partial charge in [-0.1, -0.05) is 54.4 Å². The van der Waals surface area contributed by atoms with Crippen LogP contribution in [0.3, 0.4) is 0 Å². The predicted octanol–water partition coefficient (Wildman–Crippen LogP) is 7.08. The fourth-order valence-electron chi connectivity index (χ4n) is 4.64. The van der Waals surface area contributed by atoms with E-state index in [4.69, 9.17) is 16.7 Å². The number of fused-ring (bicyclic) bond motifs is 1. The fourth-order valence-corrected chi connectivity index (χ4v) is 4.81. The summed E-state index contributed by atoms with van der Waals surface area (Å²) in [6.45, 7) is 0. The molecule has 5 rings (SSSR count). The average molecular weight is 498 g/mol. The summed E-state index contributed by atoms with van der Waals surface area (Å²) in [6, 6.07) is 20.6. The molecule has 0 aliphatic heterocycles. The molecule has 1 fully saturated rings. The van der Waals surface area contributed by atoms with Gasteiger partial charge in [0.2, 0.25) is 5.95 Å². The minimum atomic E-state index is -1.02. The summed E-state index contributed by atoms with van der Waals surface area (Å²) in [5.41, 5.74) is 6.17. The number of nitrogens with zero attached hydrogens (tertiary/aromatic N) is 2. The van der Waals surface area contributed by atoms with Crippen molar-refractivity contribution in [2.45, 2.75) is 19.3 Å². The lowest BCUT2D eigenvalue weighted by Crippen LogP contribution is -2.16. The number of nitrogens with one attached hydrogen (secondary N) is 1. The first-order valence-electron chi connectivity index (χ1n) is 11.5. The van der Waals surface area contributed by atoms with Gasteiger partial charge >= 0.3 is 5.97 Å². The zero-order valence-electron chi connectivity index (χ0n) is 19.1. The second-order valence-corrected chi connectivity index (χ2v) is 9.22. The highest BCUT2D eigenvalue weighted by molar-refractivity contribution is 6.30. The Kier molecular flexibility index (Phi) is 6.41. The van der Waals surface area contributed by atoms with Crippen LogP contribution >= 0.6 is 11.6 Å². The standard InChI is InChI=1S/C29H21ClFN3O2/c30-22-10-11-23(21(14-22)16-32)28(18-2-1-3-18)27(19-7-4-17(5-8-19)6-13-26(35)36)20-9-12-25-24(15-20)29(31)34-33-25/h4-15,18H,1-3H2,(H,33,34)(H,35,36). The molecule has 0 saturated heterocycles. The first kappa shape index (κ1) is 23.5. The Bertz CT molecular complexity index is 1570. The smallest absolute Gasteiger partial charge is 0.328 e. The van der Waals surface area contributed by atoms with E-state index in [1.165, 1.54) is 6.08 Å². The number of allylic oxidation sites excluding steroid dienone is 1. The zero-order valence-corrected chi connectivity index (χ0v) is 19.9. The Balaban J connectivity index is 1.79. The van der Waals surface area contributed by atoms with E-state index in [-0.39, 0.29) is 5.92 Å². The van der Waals surface area contributed by atoms with E-state index in [1.54, 1.807) is 24.3 Å². The van der Waals surface area contributed by atoms with E-state index in [9.17, 15) is 14.4 Å². The van der Waals surface area contributed by atoms with E-state index >= 15 is 0 Å². The first-order valence-corrected chi connectivity index (χ1v) is 11.9. The monoisotopic (exact) mass is 497 g/mol. The summed E-state index contributed by atoms with van der Waals surface area (Å²) in [7, 11) is 0. The van der Waals surface area contributed by atoms with Crippen molar-refractivity contribution in [1.29, 1.82) is 5.26 Å². The quantitative estimate of drug-likeness (QED) is 0.220. The number of H-pyrrole nitrogens is 1. The van der Waals surface area contributed by atoms with Crippen molar-refractivity contribution in [2.75, 3.05) is 0 Å². The molecule has 0 radical (unpaired) electrons. The highest BCUT2D eigenvalue weighted by atomic mass is 35.5. The minimum absolute atomic E-state index is 0.227. The third-order valence-corrected chi connectivity index (χ3v) is 6.82. The zero-order chi connectivity index (χ0) is 25.2. The SMILES string of the molecule is N#Cc1cc(Cl)ccc1C(=C(c1ccc(C=CC(=O)O)cc1)c1ccc2n[nH]c(F)c2c1)C1CCC1. The van der Waals surface area contributed by atoms with Crippen LogP contribution in [0.25, 0.3) is 28.1 Å². The van der Waals surface area contributed by atoms with Crippen molar-refractivity contribution in [2.24, 2.45) is 5.92 Å². The number of hydrogen-bond acceptors (Lipinski definition) is 3. The summed E-state index contributed by atoms with van der Waals surface area (Å²) in [5, 5.41) is 26.2. The number of aliphatic carboxylic acids is 1. The molecule has 1 heterocycles. The number of nitriles is 1. The molecule has 0 bridgehead atoms. The Labute approximate surface area is 212 Å². The molecule has 0 amide bonds. The number of carboxylic acids is 1. The van der Waals surface area contributed by atoms with Crippen molar-refractivity contribution in [3.05, 3.63) is 106 Å². The van der Waals surface area contributed by atoms with Crippen LogP contribution in [0.2, 0.25) is 5.02 Å². The van der Waals surface area contributed by atoms with Crippen LogP contribution in [0.15, 0.2) is 66.7 Å². The Hall–Kier alpha value is -4.21. The van der Waals surface area contributed by atoms with Crippen LogP contribution in [0.1, 0.15) is 47.1 Å². The van der Waals surface area contributed by atoms with E-state index in [0.29, 0.717) is 21.5 Å². The number of carboxylic acid groups (broad SMARTS) is 1. The molecular formula is C29H21ClFN3O2. The molecule has 1 aliphatic carbocycles. The van der Waals surface area contributed by atoms with Gasteiger partial charge in [-0.25, -0.2) is 4.79 Å². The van der Waals surface area contributed by atoms with Crippen LogP contribution < -0.4 is 0 Å². The number of hydrogen-bond donors (Lipinski definition) is 2. The van der Waals surface area contributed by atoms with Gasteiger partial charge in [0, 0.05) is 11.1 Å². The highest BCUT2D eigenvalue weighted by Gasteiger charge is 2.29. The van der Waals surface area contributed by atoms with Crippen LogP contribution in [-0.2, 0) is 4.79 Å². The van der Waals surface area contributed by atoms with Gasteiger partial charge in [-0.3, -0.25) is 5.10 Å². The van der Waals surface area contributed by atoms with Crippen molar-refractivity contribution in [3.8, 4) is 6.07 Å². The van der Waals surface area contributed by atoms with Crippen LogP contribution in [0.5, 0.6) is 0 Å². The third-order valence-electron chi connectivity index (χ3n) is 6.59. The Morgan fingerprint density at radius 2 is 1.86 bits per heavy atom.